The molecule has 0 N–H and O–H groups in total. The van der Waals surface area contributed by atoms with Gasteiger partial charge in [-0.05, 0) is 35.7 Å². The van der Waals surface area contributed by atoms with Crippen LogP contribution in [0.1, 0.15) is 12.5 Å². The molecule has 2 rings (SSSR count). The second-order valence-corrected chi connectivity index (χ2v) is 4.52. The first kappa shape index (κ1) is 13.5. The summed E-state index contributed by atoms with van der Waals surface area (Å²) in [6.07, 6.45) is 0.943. The summed E-state index contributed by atoms with van der Waals surface area (Å²) in [6, 6.07) is 7.97. The Morgan fingerprint density at radius 3 is 2.68 bits per heavy atom. The van der Waals surface area contributed by atoms with Gasteiger partial charge in [-0.25, -0.2) is 0 Å². The van der Waals surface area contributed by atoms with Crippen molar-refractivity contribution in [3.05, 3.63) is 35.1 Å². The zero-order valence-electron chi connectivity index (χ0n) is 11.1. The van der Waals surface area contributed by atoms with E-state index in [2.05, 4.69) is 21.9 Å². The van der Waals surface area contributed by atoms with Gasteiger partial charge in [-0.2, -0.15) is 15.0 Å². The van der Waals surface area contributed by atoms with E-state index in [9.17, 15) is 0 Å². The summed E-state index contributed by atoms with van der Waals surface area (Å²) in [4.78, 5) is 13.9. The molecule has 19 heavy (non-hydrogen) atoms. The van der Waals surface area contributed by atoms with Crippen LogP contribution in [0.2, 0.25) is 5.28 Å². The predicted molar refractivity (Wildman–Crippen MR) is 75.1 cm³/mol. The van der Waals surface area contributed by atoms with E-state index in [0.29, 0.717) is 11.7 Å². The second-order valence-electron chi connectivity index (χ2n) is 4.18. The highest BCUT2D eigenvalue weighted by molar-refractivity contribution is 6.28. The Balaban J connectivity index is 2.27. The van der Waals surface area contributed by atoms with Gasteiger partial charge in [-0.15, -0.1) is 0 Å². The molecule has 0 saturated heterocycles. The van der Waals surface area contributed by atoms with Crippen LogP contribution in [0.4, 0.5) is 5.95 Å². The van der Waals surface area contributed by atoms with Crippen molar-refractivity contribution >= 4 is 17.5 Å². The van der Waals surface area contributed by atoms with Gasteiger partial charge in [0.25, 0.3) is 0 Å². The largest absolute Gasteiger partial charge is 0.424 e. The fourth-order valence-corrected chi connectivity index (χ4v) is 1.65. The van der Waals surface area contributed by atoms with Gasteiger partial charge in [-0.1, -0.05) is 19.1 Å². The molecule has 0 bridgehead atoms. The summed E-state index contributed by atoms with van der Waals surface area (Å²) in [5.74, 6) is 1.15. The van der Waals surface area contributed by atoms with Crippen molar-refractivity contribution in [3.8, 4) is 11.8 Å². The lowest BCUT2D eigenvalue weighted by Gasteiger charge is -2.11. The Bertz CT molecular complexity index is 574. The molecule has 1 aromatic heterocycles. The van der Waals surface area contributed by atoms with Crippen LogP contribution >= 0.6 is 11.6 Å². The predicted octanol–water partition coefficient (Wildman–Crippen LogP) is 2.95. The molecular formula is C13H15ClN4O. The highest BCUT2D eigenvalue weighted by atomic mass is 35.5. The number of benzene rings is 1. The van der Waals surface area contributed by atoms with Gasteiger partial charge in [0.05, 0.1) is 0 Å². The van der Waals surface area contributed by atoms with Crippen LogP contribution in [-0.2, 0) is 6.42 Å². The van der Waals surface area contributed by atoms with Gasteiger partial charge in [0, 0.05) is 14.1 Å². The van der Waals surface area contributed by atoms with Crippen molar-refractivity contribution in [1.29, 1.82) is 0 Å². The van der Waals surface area contributed by atoms with Gasteiger partial charge in [0.15, 0.2) is 0 Å². The lowest BCUT2D eigenvalue weighted by Crippen LogP contribution is -2.13. The zero-order chi connectivity index (χ0) is 13.8. The molecule has 1 aromatic carbocycles. The molecule has 0 spiro atoms. The number of aromatic nitrogens is 3. The van der Waals surface area contributed by atoms with Crippen molar-refractivity contribution in [3.63, 3.8) is 0 Å². The number of hydrogen-bond acceptors (Lipinski definition) is 5. The Labute approximate surface area is 117 Å². The van der Waals surface area contributed by atoms with Crippen LogP contribution in [0.5, 0.6) is 11.8 Å². The highest BCUT2D eigenvalue weighted by Gasteiger charge is 2.08. The van der Waals surface area contributed by atoms with E-state index in [1.54, 1.807) is 4.90 Å². The van der Waals surface area contributed by atoms with E-state index in [4.69, 9.17) is 16.3 Å². The van der Waals surface area contributed by atoms with E-state index in [1.165, 1.54) is 5.56 Å². The average Bonchev–Trinajstić information content (AvgIpc) is 2.38. The first-order chi connectivity index (χ1) is 9.08. The zero-order valence-corrected chi connectivity index (χ0v) is 11.8. The van der Waals surface area contributed by atoms with Gasteiger partial charge < -0.3 is 9.64 Å². The topological polar surface area (TPSA) is 51.1 Å². The first-order valence-electron chi connectivity index (χ1n) is 5.94. The maximum Gasteiger partial charge on any atom is 0.328 e. The lowest BCUT2D eigenvalue weighted by molar-refractivity contribution is 0.439. The molecule has 100 valence electrons. The smallest absolute Gasteiger partial charge is 0.328 e. The number of nitrogens with zero attached hydrogens (tertiary/aromatic N) is 4. The average molecular weight is 279 g/mol. The van der Waals surface area contributed by atoms with Gasteiger partial charge in [-0.3, -0.25) is 0 Å². The minimum absolute atomic E-state index is 0.111. The van der Waals surface area contributed by atoms with Crippen LogP contribution < -0.4 is 9.64 Å². The summed E-state index contributed by atoms with van der Waals surface area (Å²) in [6.45, 7) is 2.09. The molecule has 2 aromatic rings. The fourth-order valence-electron chi connectivity index (χ4n) is 1.50. The molecule has 0 saturated carbocycles. The monoisotopic (exact) mass is 278 g/mol. The number of rotatable bonds is 4. The molecule has 0 unspecified atom stereocenters. The maximum absolute atomic E-state index is 5.85. The third kappa shape index (κ3) is 3.54. The maximum atomic E-state index is 5.85. The number of ether oxygens (including phenoxy) is 1. The Morgan fingerprint density at radius 2 is 2.00 bits per heavy atom. The molecule has 6 heteroatoms. The lowest BCUT2D eigenvalue weighted by atomic mass is 10.2. The summed E-state index contributed by atoms with van der Waals surface area (Å²) >= 11 is 5.85. The SMILES string of the molecule is CCc1cccc(Oc2nc(Cl)nc(N(C)C)n2)c1. The van der Waals surface area contributed by atoms with Crippen molar-refractivity contribution in [2.24, 2.45) is 0 Å². The van der Waals surface area contributed by atoms with Crippen LogP contribution in [-0.4, -0.2) is 29.0 Å². The summed E-state index contributed by atoms with van der Waals surface area (Å²) < 4.78 is 5.62. The van der Waals surface area contributed by atoms with E-state index in [1.807, 2.05) is 38.4 Å². The third-order valence-corrected chi connectivity index (χ3v) is 2.66. The van der Waals surface area contributed by atoms with Crippen LogP contribution in [0.3, 0.4) is 0 Å². The number of halogens is 1. The van der Waals surface area contributed by atoms with Gasteiger partial charge in [0.2, 0.25) is 11.2 Å². The molecule has 0 aliphatic heterocycles. The van der Waals surface area contributed by atoms with Crippen LogP contribution in [0.15, 0.2) is 24.3 Å². The standard InChI is InChI=1S/C13H15ClN4O/c1-4-9-6-5-7-10(8-9)19-13-16-11(14)15-12(17-13)18(2)3/h5-8H,4H2,1-3H3. The normalized spacial score (nSPS) is 10.3. The van der Waals surface area contributed by atoms with E-state index < -0.39 is 0 Å². The number of aryl methyl sites for hydroxylation is 1. The van der Waals surface area contributed by atoms with Crippen molar-refractivity contribution in [1.82, 2.24) is 15.0 Å². The third-order valence-electron chi connectivity index (χ3n) is 2.49. The quantitative estimate of drug-likeness (QED) is 0.861. The molecule has 0 amide bonds. The molecule has 0 fully saturated rings. The van der Waals surface area contributed by atoms with E-state index in [-0.39, 0.29) is 11.3 Å². The van der Waals surface area contributed by atoms with Gasteiger partial charge in [0.1, 0.15) is 5.75 Å². The van der Waals surface area contributed by atoms with Crippen molar-refractivity contribution in [2.75, 3.05) is 19.0 Å². The number of hydrogen-bond donors (Lipinski definition) is 0. The van der Waals surface area contributed by atoms with Crippen molar-refractivity contribution < 1.29 is 4.74 Å². The van der Waals surface area contributed by atoms with Crippen LogP contribution in [0, 0.1) is 0 Å². The molecule has 0 atom stereocenters. The molecule has 0 aliphatic rings. The van der Waals surface area contributed by atoms with Gasteiger partial charge >= 0.3 is 6.01 Å². The molecule has 0 radical (unpaired) electrons. The summed E-state index contributed by atoms with van der Waals surface area (Å²) in [5.41, 5.74) is 1.19. The molecule has 0 aliphatic carbocycles. The van der Waals surface area contributed by atoms with E-state index >= 15 is 0 Å². The molecular weight excluding hydrogens is 264 g/mol. The van der Waals surface area contributed by atoms with E-state index in [0.717, 1.165) is 6.42 Å². The Hall–Kier alpha value is -1.88. The molecule has 5 nitrogen and oxygen atoms in total. The second kappa shape index (κ2) is 5.84. The van der Waals surface area contributed by atoms with Crippen LogP contribution in [0.25, 0.3) is 0 Å². The fraction of sp³-hybridized carbons (Fsp3) is 0.308. The minimum atomic E-state index is 0.111. The minimum Gasteiger partial charge on any atom is -0.424 e. The summed E-state index contributed by atoms with van der Waals surface area (Å²) in [7, 11) is 3.65. The molecule has 1 heterocycles. The summed E-state index contributed by atoms with van der Waals surface area (Å²) in [5, 5.41) is 0.111. The highest BCUT2D eigenvalue weighted by Crippen LogP contribution is 2.21. The number of anilines is 1. The Kier molecular flexibility index (Phi) is 4.16. The Morgan fingerprint density at radius 1 is 1.21 bits per heavy atom. The van der Waals surface area contributed by atoms with Crippen molar-refractivity contribution in [2.45, 2.75) is 13.3 Å². The first-order valence-corrected chi connectivity index (χ1v) is 6.32.